The van der Waals surface area contributed by atoms with Crippen LogP contribution in [0.25, 0.3) is 0 Å². The first-order chi connectivity index (χ1) is 8.27. The predicted molar refractivity (Wildman–Crippen MR) is 67.7 cm³/mol. The molecule has 0 heterocycles. The SMILES string of the molecule is COC(=O)C(C)NS(=O)(=O)c1ccc(Cl)c(N)c1. The Morgan fingerprint density at radius 3 is 2.61 bits per heavy atom. The first kappa shape index (κ1) is 14.7. The first-order valence-electron chi connectivity index (χ1n) is 4.93. The van der Waals surface area contributed by atoms with Gasteiger partial charge in [-0.1, -0.05) is 11.6 Å². The average molecular weight is 293 g/mol. The minimum absolute atomic E-state index is 0.0693. The van der Waals surface area contributed by atoms with Crippen LogP contribution >= 0.6 is 11.6 Å². The Morgan fingerprint density at radius 1 is 1.50 bits per heavy atom. The molecule has 1 aromatic carbocycles. The van der Waals surface area contributed by atoms with Gasteiger partial charge in [0.15, 0.2) is 0 Å². The molecule has 0 amide bonds. The van der Waals surface area contributed by atoms with E-state index < -0.39 is 22.0 Å². The molecule has 3 N–H and O–H groups in total. The average Bonchev–Trinajstić information content (AvgIpc) is 2.30. The van der Waals surface area contributed by atoms with Crippen molar-refractivity contribution in [1.82, 2.24) is 4.72 Å². The van der Waals surface area contributed by atoms with Crippen LogP contribution in [0, 0.1) is 0 Å². The number of hydrogen-bond acceptors (Lipinski definition) is 5. The van der Waals surface area contributed by atoms with Gasteiger partial charge in [-0.25, -0.2) is 8.42 Å². The van der Waals surface area contributed by atoms with Gasteiger partial charge in [0, 0.05) is 0 Å². The monoisotopic (exact) mass is 292 g/mol. The number of nitrogens with one attached hydrogen (secondary N) is 1. The van der Waals surface area contributed by atoms with E-state index in [0.29, 0.717) is 0 Å². The summed E-state index contributed by atoms with van der Waals surface area (Å²) in [4.78, 5) is 11.1. The fourth-order valence-corrected chi connectivity index (χ4v) is 2.56. The zero-order chi connectivity index (χ0) is 13.9. The normalized spacial score (nSPS) is 13.1. The Bertz CT molecular complexity index is 559. The Kier molecular flexibility index (Phi) is 4.55. The summed E-state index contributed by atoms with van der Waals surface area (Å²) in [5.74, 6) is -0.680. The van der Waals surface area contributed by atoms with Gasteiger partial charge in [0.2, 0.25) is 10.0 Å². The molecule has 0 aliphatic carbocycles. The molecule has 0 saturated carbocycles. The zero-order valence-corrected chi connectivity index (χ0v) is 11.4. The molecule has 0 saturated heterocycles. The van der Waals surface area contributed by atoms with E-state index in [1.54, 1.807) is 0 Å². The van der Waals surface area contributed by atoms with E-state index in [1.807, 2.05) is 0 Å². The van der Waals surface area contributed by atoms with E-state index in [2.05, 4.69) is 9.46 Å². The fourth-order valence-electron chi connectivity index (χ4n) is 1.21. The van der Waals surface area contributed by atoms with E-state index >= 15 is 0 Å². The lowest BCUT2D eigenvalue weighted by Gasteiger charge is -2.12. The lowest BCUT2D eigenvalue weighted by molar-refractivity contribution is -0.142. The van der Waals surface area contributed by atoms with E-state index in [0.717, 1.165) is 0 Å². The first-order valence-corrected chi connectivity index (χ1v) is 6.79. The van der Waals surface area contributed by atoms with Crippen LogP contribution in [0.4, 0.5) is 5.69 Å². The number of sulfonamides is 1. The van der Waals surface area contributed by atoms with E-state index in [1.165, 1.54) is 32.2 Å². The second-order valence-corrected chi connectivity index (χ2v) is 5.67. The Hall–Kier alpha value is -1.31. The third-order valence-electron chi connectivity index (χ3n) is 2.16. The van der Waals surface area contributed by atoms with Crippen molar-refractivity contribution in [3.63, 3.8) is 0 Å². The molecular weight excluding hydrogens is 280 g/mol. The standard InChI is InChI=1S/C10H13ClN2O4S/c1-6(10(14)17-2)13-18(15,16)7-3-4-8(11)9(12)5-7/h3-6,13H,12H2,1-2H3. The summed E-state index contributed by atoms with van der Waals surface area (Å²) in [7, 11) is -2.67. The van der Waals surface area contributed by atoms with Crippen LogP contribution in [0.3, 0.4) is 0 Å². The van der Waals surface area contributed by atoms with Gasteiger partial charge in [0.25, 0.3) is 0 Å². The summed E-state index contributed by atoms with van der Waals surface area (Å²) in [6.07, 6.45) is 0. The maximum Gasteiger partial charge on any atom is 0.323 e. The van der Waals surface area contributed by atoms with Gasteiger partial charge >= 0.3 is 5.97 Å². The summed E-state index contributed by atoms with van der Waals surface area (Å²) in [5.41, 5.74) is 5.66. The number of hydrogen-bond donors (Lipinski definition) is 2. The number of methoxy groups -OCH3 is 1. The van der Waals surface area contributed by atoms with Gasteiger partial charge in [0.1, 0.15) is 6.04 Å². The maximum atomic E-state index is 11.9. The Balaban J connectivity index is 3.00. The maximum absolute atomic E-state index is 11.9. The van der Waals surface area contributed by atoms with Crippen molar-refractivity contribution in [2.75, 3.05) is 12.8 Å². The molecule has 6 nitrogen and oxygen atoms in total. The second kappa shape index (κ2) is 5.55. The molecule has 1 unspecified atom stereocenters. The number of nitrogen functional groups attached to an aromatic ring is 1. The van der Waals surface area contributed by atoms with Crippen LogP contribution in [-0.2, 0) is 19.6 Å². The van der Waals surface area contributed by atoms with Crippen molar-refractivity contribution in [2.24, 2.45) is 0 Å². The van der Waals surface area contributed by atoms with Crippen molar-refractivity contribution in [1.29, 1.82) is 0 Å². The molecular formula is C10H13ClN2O4S. The minimum Gasteiger partial charge on any atom is -0.468 e. The van der Waals surface area contributed by atoms with Crippen molar-refractivity contribution in [2.45, 2.75) is 17.9 Å². The molecule has 0 fully saturated rings. The molecule has 0 aliphatic rings. The topological polar surface area (TPSA) is 98.5 Å². The molecule has 1 atom stereocenters. The number of nitrogens with two attached hydrogens (primary N) is 1. The molecule has 100 valence electrons. The number of rotatable bonds is 4. The molecule has 0 aromatic heterocycles. The van der Waals surface area contributed by atoms with Crippen LogP contribution < -0.4 is 10.5 Å². The number of benzene rings is 1. The van der Waals surface area contributed by atoms with Gasteiger partial charge in [-0.3, -0.25) is 4.79 Å². The largest absolute Gasteiger partial charge is 0.468 e. The van der Waals surface area contributed by atoms with Gasteiger partial charge in [-0.15, -0.1) is 0 Å². The van der Waals surface area contributed by atoms with Crippen molar-refractivity contribution in [3.05, 3.63) is 23.2 Å². The van der Waals surface area contributed by atoms with Crippen LogP contribution in [0.1, 0.15) is 6.92 Å². The Labute approximate surface area is 110 Å². The molecule has 0 radical (unpaired) electrons. The third kappa shape index (κ3) is 3.34. The molecule has 0 spiro atoms. The molecule has 8 heteroatoms. The van der Waals surface area contributed by atoms with Crippen LogP contribution in [-0.4, -0.2) is 27.5 Å². The van der Waals surface area contributed by atoms with Crippen LogP contribution in [0.5, 0.6) is 0 Å². The summed E-state index contributed by atoms with van der Waals surface area (Å²) < 4.78 is 30.4. The Morgan fingerprint density at radius 2 is 2.11 bits per heavy atom. The molecule has 18 heavy (non-hydrogen) atoms. The fraction of sp³-hybridized carbons (Fsp3) is 0.300. The lowest BCUT2D eigenvalue weighted by Crippen LogP contribution is -2.39. The third-order valence-corrected chi connectivity index (χ3v) is 4.05. The minimum atomic E-state index is -3.84. The molecule has 0 bridgehead atoms. The lowest BCUT2D eigenvalue weighted by atomic mass is 10.3. The van der Waals surface area contributed by atoms with Gasteiger partial charge in [-0.2, -0.15) is 4.72 Å². The summed E-state index contributed by atoms with van der Waals surface area (Å²) in [6, 6.07) is 2.89. The molecule has 0 aliphatic heterocycles. The number of anilines is 1. The van der Waals surface area contributed by atoms with E-state index in [4.69, 9.17) is 17.3 Å². The highest BCUT2D eigenvalue weighted by atomic mass is 35.5. The molecule has 1 rings (SSSR count). The predicted octanol–water partition coefficient (Wildman–Crippen LogP) is 0.762. The smallest absolute Gasteiger partial charge is 0.323 e. The second-order valence-electron chi connectivity index (χ2n) is 3.55. The molecule has 1 aromatic rings. The zero-order valence-electron chi connectivity index (χ0n) is 9.81. The highest BCUT2D eigenvalue weighted by Crippen LogP contribution is 2.22. The number of carbonyl (C=O) groups is 1. The van der Waals surface area contributed by atoms with Crippen LogP contribution in [0.15, 0.2) is 23.1 Å². The number of ether oxygens (including phenoxy) is 1. The number of halogens is 1. The highest BCUT2D eigenvalue weighted by Gasteiger charge is 2.22. The highest BCUT2D eigenvalue weighted by molar-refractivity contribution is 7.89. The van der Waals surface area contributed by atoms with E-state index in [-0.39, 0.29) is 15.6 Å². The summed E-state index contributed by atoms with van der Waals surface area (Å²) >= 11 is 5.70. The van der Waals surface area contributed by atoms with Gasteiger partial charge < -0.3 is 10.5 Å². The number of esters is 1. The summed E-state index contributed by atoms with van der Waals surface area (Å²) in [6.45, 7) is 1.38. The van der Waals surface area contributed by atoms with Gasteiger partial charge in [-0.05, 0) is 25.1 Å². The summed E-state index contributed by atoms with van der Waals surface area (Å²) in [5, 5.41) is 0.259. The number of carbonyl (C=O) groups excluding carboxylic acids is 1. The quantitative estimate of drug-likeness (QED) is 0.630. The van der Waals surface area contributed by atoms with E-state index in [9.17, 15) is 13.2 Å². The van der Waals surface area contributed by atoms with Crippen molar-refractivity contribution in [3.8, 4) is 0 Å². The van der Waals surface area contributed by atoms with Crippen LogP contribution in [0.2, 0.25) is 5.02 Å². The van der Waals surface area contributed by atoms with Gasteiger partial charge in [0.05, 0.1) is 22.7 Å². The van der Waals surface area contributed by atoms with Crippen molar-refractivity contribution >= 4 is 33.3 Å². The van der Waals surface area contributed by atoms with Crippen molar-refractivity contribution < 1.29 is 17.9 Å².